The molecule has 0 aliphatic heterocycles. The van der Waals surface area contributed by atoms with Gasteiger partial charge in [0.25, 0.3) is 0 Å². The third-order valence-corrected chi connectivity index (χ3v) is 4.32. The van der Waals surface area contributed by atoms with Crippen molar-refractivity contribution in [3.8, 4) is 0 Å². The summed E-state index contributed by atoms with van der Waals surface area (Å²) in [6.07, 6.45) is 0. The average Bonchev–Trinajstić information content (AvgIpc) is 3.02. The molecular formula is C16H18N4S. The Hall–Kier alpha value is -2.14. The van der Waals surface area contributed by atoms with Crippen molar-refractivity contribution in [2.75, 3.05) is 17.2 Å². The number of anilines is 2. The van der Waals surface area contributed by atoms with Gasteiger partial charge in [-0.15, -0.1) is 11.3 Å². The maximum atomic E-state index is 4.61. The molecule has 4 nitrogen and oxygen atoms in total. The van der Waals surface area contributed by atoms with Crippen LogP contribution in [-0.4, -0.2) is 16.5 Å². The first kappa shape index (κ1) is 13.8. The molecule has 0 fully saturated rings. The SMILES string of the molecule is CCNc1nc(NC(C)c2cccs2)c2ccccc2n1. The summed E-state index contributed by atoms with van der Waals surface area (Å²) in [4.78, 5) is 10.4. The maximum absolute atomic E-state index is 4.61. The van der Waals surface area contributed by atoms with Gasteiger partial charge in [0, 0.05) is 16.8 Å². The summed E-state index contributed by atoms with van der Waals surface area (Å²) in [5.41, 5.74) is 0.948. The van der Waals surface area contributed by atoms with Gasteiger partial charge in [0.1, 0.15) is 5.82 Å². The van der Waals surface area contributed by atoms with E-state index < -0.39 is 0 Å². The Labute approximate surface area is 128 Å². The minimum atomic E-state index is 0.220. The molecule has 108 valence electrons. The number of thiophene rings is 1. The summed E-state index contributed by atoms with van der Waals surface area (Å²) in [6.45, 7) is 4.99. The Balaban J connectivity index is 1.99. The lowest BCUT2D eigenvalue weighted by molar-refractivity contribution is 0.897. The van der Waals surface area contributed by atoms with E-state index in [-0.39, 0.29) is 6.04 Å². The van der Waals surface area contributed by atoms with Gasteiger partial charge in [0.05, 0.1) is 11.6 Å². The Kier molecular flexibility index (Phi) is 4.01. The summed E-state index contributed by atoms with van der Waals surface area (Å²) in [5.74, 6) is 1.54. The first-order valence-electron chi connectivity index (χ1n) is 7.08. The number of nitrogens with zero attached hydrogens (tertiary/aromatic N) is 2. The van der Waals surface area contributed by atoms with E-state index in [2.05, 4.69) is 51.1 Å². The number of aromatic nitrogens is 2. The van der Waals surface area contributed by atoms with Gasteiger partial charge in [0.15, 0.2) is 0 Å². The van der Waals surface area contributed by atoms with Crippen LogP contribution in [0.1, 0.15) is 24.8 Å². The second-order valence-electron chi connectivity index (χ2n) is 4.82. The van der Waals surface area contributed by atoms with Crippen molar-refractivity contribution in [1.29, 1.82) is 0 Å². The first-order valence-corrected chi connectivity index (χ1v) is 7.96. The van der Waals surface area contributed by atoms with Crippen LogP contribution in [0.5, 0.6) is 0 Å². The molecule has 3 rings (SSSR count). The highest BCUT2D eigenvalue weighted by molar-refractivity contribution is 7.10. The Bertz CT molecular complexity index is 724. The van der Waals surface area contributed by atoms with Crippen molar-refractivity contribution in [2.24, 2.45) is 0 Å². The van der Waals surface area contributed by atoms with Crippen molar-refractivity contribution < 1.29 is 0 Å². The third-order valence-electron chi connectivity index (χ3n) is 3.26. The van der Waals surface area contributed by atoms with Crippen LogP contribution in [0.2, 0.25) is 0 Å². The molecule has 5 heteroatoms. The monoisotopic (exact) mass is 298 g/mol. The zero-order valence-electron chi connectivity index (χ0n) is 12.1. The minimum absolute atomic E-state index is 0.220. The molecule has 0 radical (unpaired) electrons. The number of hydrogen-bond acceptors (Lipinski definition) is 5. The predicted octanol–water partition coefficient (Wildman–Crippen LogP) is 4.30. The van der Waals surface area contributed by atoms with Gasteiger partial charge in [-0.1, -0.05) is 18.2 Å². The maximum Gasteiger partial charge on any atom is 0.225 e. The summed E-state index contributed by atoms with van der Waals surface area (Å²) >= 11 is 1.75. The Morgan fingerprint density at radius 1 is 1.14 bits per heavy atom. The molecule has 2 aromatic heterocycles. The van der Waals surface area contributed by atoms with E-state index in [9.17, 15) is 0 Å². The molecule has 1 unspecified atom stereocenters. The smallest absolute Gasteiger partial charge is 0.225 e. The second-order valence-corrected chi connectivity index (χ2v) is 5.80. The van der Waals surface area contributed by atoms with Gasteiger partial charge in [-0.3, -0.25) is 0 Å². The lowest BCUT2D eigenvalue weighted by atomic mass is 10.2. The Morgan fingerprint density at radius 3 is 2.76 bits per heavy atom. The van der Waals surface area contributed by atoms with Crippen LogP contribution in [0.4, 0.5) is 11.8 Å². The lowest BCUT2D eigenvalue weighted by Gasteiger charge is -2.15. The molecule has 0 aliphatic carbocycles. The fourth-order valence-electron chi connectivity index (χ4n) is 2.24. The van der Waals surface area contributed by atoms with E-state index in [0.717, 1.165) is 23.3 Å². The number of rotatable bonds is 5. The largest absolute Gasteiger partial charge is 0.362 e. The molecule has 21 heavy (non-hydrogen) atoms. The van der Waals surface area contributed by atoms with Gasteiger partial charge in [0.2, 0.25) is 5.95 Å². The van der Waals surface area contributed by atoms with Crippen LogP contribution in [0.3, 0.4) is 0 Å². The molecule has 1 atom stereocenters. The number of nitrogens with one attached hydrogen (secondary N) is 2. The fraction of sp³-hybridized carbons (Fsp3) is 0.250. The Morgan fingerprint density at radius 2 is 2.00 bits per heavy atom. The van der Waals surface area contributed by atoms with E-state index in [1.165, 1.54) is 4.88 Å². The molecule has 0 amide bonds. The van der Waals surface area contributed by atoms with Crippen LogP contribution in [-0.2, 0) is 0 Å². The van der Waals surface area contributed by atoms with Crippen LogP contribution in [0, 0.1) is 0 Å². The zero-order valence-corrected chi connectivity index (χ0v) is 12.9. The van der Waals surface area contributed by atoms with Gasteiger partial charge in [-0.05, 0) is 37.4 Å². The molecule has 0 saturated heterocycles. The van der Waals surface area contributed by atoms with Crippen LogP contribution < -0.4 is 10.6 Å². The third kappa shape index (κ3) is 2.97. The van der Waals surface area contributed by atoms with Crippen molar-refractivity contribution >= 4 is 34.0 Å². The summed E-state index contributed by atoms with van der Waals surface area (Å²) in [7, 11) is 0. The second kappa shape index (κ2) is 6.10. The number of hydrogen-bond donors (Lipinski definition) is 2. The van der Waals surface area contributed by atoms with Crippen molar-refractivity contribution in [1.82, 2.24) is 9.97 Å². The topological polar surface area (TPSA) is 49.8 Å². The number of benzene rings is 1. The van der Waals surface area contributed by atoms with E-state index in [0.29, 0.717) is 5.95 Å². The minimum Gasteiger partial charge on any atom is -0.362 e. The average molecular weight is 298 g/mol. The van der Waals surface area contributed by atoms with E-state index >= 15 is 0 Å². The van der Waals surface area contributed by atoms with E-state index in [4.69, 9.17) is 0 Å². The van der Waals surface area contributed by atoms with Crippen molar-refractivity contribution in [3.05, 3.63) is 46.7 Å². The van der Waals surface area contributed by atoms with Crippen LogP contribution in [0.25, 0.3) is 10.9 Å². The van der Waals surface area contributed by atoms with Gasteiger partial charge >= 0.3 is 0 Å². The van der Waals surface area contributed by atoms with Crippen LogP contribution >= 0.6 is 11.3 Å². The molecule has 0 aliphatic rings. The van der Waals surface area contributed by atoms with Crippen molar-refractivity contribution in [2.45, 2.75) is 19.9 Å². The predicted molar refractivity (Wildman–Crippen MR) is 90.1 cm³/mol. The van der Waals surface area contributed by atoms with E-state index in [1.54, 1.807) is 11.3 Å². The summed E-state index contributed by atoms with van der Waals surface area (Å²) in [5, 5.41) is 9.83. The molecule has 0 saturated carbocycles. The molecule has 3 aromatic rings. The highest BCUT2D eigenvalue weighted by Crippen LogP contribution is 2.27. The van der Waals surface area contributed by atoms with E-state index in [1.807, 2.05) is 25.1 Å². The molecule has 0 spiro atoms. The summed E-state index contributed by atoms with van der Waals surface area (Å²) < 4.78 is 0. The van der Waals surface area contributed by atoms with Gasteiger partial charge in [-0.2, -0.15) is 4.98 Å². The standard InChI is InChI=1S/C16H18N4S/c1-3-17-16-19-13-8-5-4-7-12(13)15(20-16)18-11(2)14-9-6-10-21-14/h4-11H,3H2,1-2H3,(H2,17,18,19,20). The molecule has 1 aromatic carbocycles. The quantitative estimate of drug-likeness (QED) is 0.737. The van der Waals surface area contributed by atoms with Crippen LogP contribution in [0.15, 0.2) is 41.8 Å². The zero-order chi connectivity index (χ0) is 14.7. The van der Waals surface area contributed by atoms with Gasteiger partial charge in [-0.25, -0.2) is 4.98 Å². The molecule has 0 bridgehead atoms. The van der Waals surface area contributed by atoms with Gasteiger partial charge < -0.3 is 10.6 Å². The highest BCUT2D eigenvalue weighted by atomic mass is 32.1. The normalized spacial score (nSPS) is 12.3. The summed E-state index contributed by atoms with van der Waals surface area (Å²) in [6, 6.07) is 12.5. The van der Waals surface area contributed by atoms with Crippen molar-refractivity contribution in [3.63, 3.8) is 0 Å². The lowest BCUT2D eigenvalue weighted by Crippen LogP contribution is -2.10. The first-order chi connectivity index (χ1) is 10.3. The molecular weight excluding hydrogens is 280 g/mol. The molecule has 2 N–H and O–H groups in total. The molecule has 2 heterocycles. The number of fused-ring (bicyclic) bond motifs is 1. The fourth-order valence-corrected chi connectivity index (χ4v) is 2.97. The highest BCUT2D eigenvalue weighted by Gasteiger charge is 2.11. The number of para-hydroxylation sites is 1.